The average Bonchev–Trinajstić information content (AvgIpc) is 3.67. The lowest BCUT2D eigenvalue weighted by Crippen LogP contribution is -2.42. The molecule has 2 saturated heterocycles. The number of likely N-dealkylation sites (tertiary alicyclic amines) is 2. The minimum Gasteiger partial charge on any atom is -0.366 e. The van der Waals surface area contributed by atoms with Gasteiger partial charge >= 0.3 is 0 Å². The number of benzene rings is 3. The van der Waals surface area contributed by atoms with Crippen LogP contribution in [-0.4, -0.2) is 52.9 Å². The van der Waals surface area contributed by atoms with Gasteiger partial charge in [0.25, 0.3) is 5.91 Å². The maximum Gasteiger partial charge on any atom is 0.254 e. The molecule has 0 unspecified atom stereocenters. The first-order valence-corrected chi connectivity index (χ1v) is 14.9. The van der Waals surface area contributed by atoms with Crippen molar-refractivity contribution in [2.24, 2.45) is 0 Å². The predicted molar refractivity (Wildman–Crippen MR) is 165 cm³/mol. The van der Waals surface area contributed by atoms with E-state index < -0.39 is 0 Å². The first-order valence-electron chi connectivity index (χ1n) is 14.1. The summed E-state index contributed by atoms with van der Waals surface area (Å²) in [6.07, 6.45) is 4.52. The summed E-state index contributed by atoms with van der Waals surface area (Å²) in [6.45, 7) is 4.40. The largest absolute Gasteiger partial charge is 0.366 e. The van der Waals surface area contributed by atoms with Crippen LogP contribution in [0, 0.1) is 11.3 Å². The molecule has 3 heterocycles. The number of rotatable bonds is 7. The second-order valence-corrected chi connectivity index (χ2v) is 11.8. The number of aromatic nitrogens is 1. The van der Waals surface area contributed by atoms with Gasteiger partial charge in [0.05, 0.1) is 22.7 Å². The van der Waals surface area contributed by atoms with Crippen LogP contribution >= 0.6 is 23.2 Å². The van der Waals surface area contributed by atoms with Gasteiger partial charge in [0.1, 0.15) is 5.82 Å². The molecule has 2 aliphatic heterocycles. The Balaban J connectivity index is 1.36. The Morgan fingerprint density at radius 2 is 1.66 bits per heavy atom. The molecule has 41 heavy (non-hydrogen) atoms. The summed E-state index contributed by atoms with van der Waals surface area (Å²) >= 11 is 12.4. The van der Waals surface area contributed by atoms with Crippen molar-refractivity contribution in [2.45, 2.75) is 38.3 Å². The molecule has 0 radical (unpaired) electrons. The first-order chi connectivity index (χ1) is 20.0. The number of amides is 1. The third-order valence-electron chi connectivity index (χ3n) is 8.09. The van der Waals surface area contributed by atoms with E-state index in [1.807, 2.05) is 60.7 Å². The van der Waals surface area contributed by atoms with Crippen LogP contribution < -0.4 is 5.32 Å². The van der Waals surface area contributed by atoms with Crippen molar-refractivity contribution >= 4 is 45.8 Å². The smallest absolute Gasteiger partial charge is 0.254 e. The summed E-state index contributed by atoms with van der Waals surface area (Å²) < 4.78 is 0. The SMILES string of the molecule is N#Cc1ccc(-c2ccc3nc(NCc4cc(Cl)cc(Cl)c4)cc(C(=O)N4CCC[C@H]4CN4CCCC4)c3c2)cc1. The van der Waals surface area contributed by atoms with Crippen LogP contribution in [0.25, 0.3) is 22.0 Å². The van der Waals surface area contributed by atoms with E-state index in [2.05, 4.69) is 21.2 Å². The Labute approximate surface area is 250 Å². The van der Waals surface area contributed by atoms with Crippen molar-refractivity contribution in [3.05, 3.63) is 93.5 Å². The number of hydrogen-bond donors (Lipinski definition) is 1. The number of nitrogens with one attached hydrogen (secondary N) is 1. The number of halogens is 2. The number of fused-ring (bicyclic) bond motifs is 1. The van der Waals surface area contributed by atoms with E-state index >= 15 is 0 Å². The second kappa shape index (κ2) is 12.1. The summed E-state index contributed by atoms with van der Waals surface area (Å²) in [7, 11) is 0. The predicted octanol–water partition coefficient (Wildman–Crippen LogP) is 7.39. The molecule has 4 aromatic rings. The Bertz CT molecular complexity index is 1610. The highest BCUT2D eigenvalue weighted by molar-refractivity contribution is 6.34. The van der Waals surface area contributed by atoms with Crippen molar-refractivity contribution < 1.29 is 4.79 Å². The molecule has 6 rings (SSSR count). The number of nitriles is 1. The molecule has 0 saturated carbocycles. The van der Waals surface area contributed by atoms with E-state index in [9.17, 15) is 10.1 Å². The van der Waals surface area contributed by atoms with Crippen molar-refractivity contribution in [1.82, 2.24) is 14.8 Å². The molecule has 0 bridgehead atoms. The first kappa shape index (κ1) is 27.5. The molecular weight excluding hydrogens is 553 g/mol. The highest BCUT2D eigenvalue weighted by Gasteiger charge is 2.32. The van der Waals surface area contributed by atoms with Crippen molar-refractivity contribution in [2.75, 3.05) is 31.5 Å². The highest BCUT2D eigenvalue weighted by atomic mass is 35.5. The highest BCUT2D eigenvalue weighted by Crippen LogP contribution is 2.31. The van der Waals surface area contributed by atoms with E-state index in [0.29, 0.717) is 33.5 Å². The summed E-state index contributed by atoms with van der Waals surface area (Å²) in [5.41, 5.74) is 4.89. The molecule has 6 nitrogen and oxygen atoms in total. The Morgan fingerprint density at radius 3 is 2.39 bits per heavy atom. The minimum absolute atomic E-state index is 0.0462. The van der Waals surface area contributed by atoms with Gasteiger partial charge in [0, 0.05) is 41.1 Å². The van der Waals surface area contributed by atoms with Crippen LogP contribution in [-0.2, 0) is 6.54 Å². The van der Waals surface area contributed by atoms with Gasteiger partial charge in [-0.15, -0.1) is 0 Å². The molecule has 2 fully saturated rings. The fraction of sp³-hybridized carbons (Fsp3) is 0.303. The molecule has 0 spiro atoms. The third kappa shape index (κ3) is 6.18. The van der Waals surface area contributed by atoms with Crippen LogP contribution in [0.5, 0.6) is 0 Å². The van der Waals surface area contributed by atoms with E-state index in [1.54, 1.807) is 6.07 Å². The van der Waals surface area contributed by atoms with E-state index in [1.165, 1.54) is 12.8 Å². The van der Waals surface area contributed by atoms with Crippen LogP contribution in [0.3, 0.4) is 0 Å². The van der Waals surface area contributed by atoms with E-state index in [4.69, 9.17) is 28.2 Å². The van der Waals surface area contributed by atoms with Gasteiger partial charge in [-0.1, -0.05) is 41.4 Å². The average molecular weight is 585 g/mol. The van der Waals surface area contributed by atoms with Gasteiger partial charge in [-0.25, -0.2) is 4.98 Å². The molecule has 0 aliphatic carbocycles. The Hall–Kier alpha value is -3.63. The monoisotopic (exact) mass is 583 g/mol. The summed E-state index contributed by atoms with van der Waals surface area (Å²) in [4.78, 5) is 23.7. The van der Waals surface area contributed by atoms with Crippen molar-refractivity contribution in [3.8, 4) is 17.2 Å². The maximum absolute atomic E-state index is 14.3. The summed E-state index contributed by atoms with van der Waals surface area (Å²) in [5.74, 6) is 0.670. The fourth-order valence-electron chi connectivity index (χ4n) is 6.03. The molecule has 1 amide bonds. The standard InChI is InChI=1S/C33H31Cl2N5O/c34-26-14-23(15-27(35)17-26)20-37-32-18-30(33(41)40-13-3-4-28(40)21-39-11-1-2-12-39)29-16-25(9-10-31(29)38-32)24-7-5-22(19-36)6-8-24/h5-10,14-18,28H,1-4,11-13,20-21H2,(H,37,38)/t28-/m0/s1. The minimum atomic E-state index is 0.0462. The van der Waals surface area contributed by atoms with Crippen LogP contribution in [0.4, 0.5) is 5.82 Å². The lowest BCUT2D eigenvalue weighted by molar-refractivity contribution is 0.0710. The van der Waals surface area contributed by atoms with Gasteiger partial charge in [-0.3, -0.25) is 4.79 Å². The molecule has 1 aromatic heterocycles. The fourth-order valence-corrected chi connectivity index (χ4v) is 6.60. The van der Waals surface area contributed by atoms with Crippen LogP contribution in [0.15, 0.2) is 66.7 Å². The van der Waals surface area contributed by atoms with Gasteiger partial charge in [-0.05, 0) is 104 Å². The zero-order chi connectivity index (χ0) is 28.3. The molecule has 2 aliphatic rings. The summed E-state index contributed by atoms with van der Waals surface area (Å²) in [6, 6.07) is 23.2. The number of carbonyl (C=O) groups is 1. The zero-order valence-corrected chi connectivity index (χ0v) is 24.3. The van der Waals surface area contributed by atoms with Crippen LogP contribution in [0.1, 0.15) is 47.2 Å². The van der Waals surface area contributed by atoms with Gasteiger partial charge < -0.3 is 15.1 Å². The van der Waals surface area contributed by atoms with Crippen molar-refractivity contribution in [1.29, 1.82) is 5.26 Å². The molecule has 3 aromatic carbocycles. The number of nitrogens with zero attached hydrogens (tertiary/aromatic N) is 4. The van der Waals surface area contributed by atoms with Gasteiger partial charge in [0.2, 0.25) is 0 Å². The summed E-state index contributed by atoms with van der Waals surface area (Å²) in [5, 5.41) is 14.6. The molecular formula is C33H31Cl2N5O. The topological polar surface area (TPSA) is 72.3 Å². The van der Waals surface area contributed by atoms with E-state index in [-0.39, 0.29) is 11.9 Å². The van der Waals surface area contributed by atoms with Crippen molar-refractivity contribution in [3.63, 3.8) is 0 Å². The number of carbonyl (C=O) groups excluding carboxylic acids is 1. The van der Waals surface area contributed by atoms with E-state index in [0.717, 1.165) is 66.6 Å². The maximum atomic E-state index is 14.3. The van der Waals surface area contributed by atoms with Gasteiger partial charge in [-0.2, -0.15) is 5.26 Å². The number of pyridine rings is 1. The lowest BCUT2D eigenvalue weighted by Gasteiger charge is -2.29. The van der Waals surface area contributed by atoms with Crippen LogP contribution in [0.2, 0.25) is 10.0 Å². The Morgan fingerprint density at radius 1 is 0.927 bits per heavy atom. The zero-order valence-electron chi connectivity index (χ0n) is 22.7. The lowest BCUT2D eigenvalue weighted by atomic mass is 9.99. The third-order valence-corrected chi connectivity index (χ3v) is 8.52. The number of anilines is 1. The Kier molecular flexibility index (Phi) is 8.11. The molecule has 208 valence electrons. The molecule has 1 atom stereocenters. The quantitative estimate of drug-likeness (QED) is 0.245. The number of hydrogen-bond acceptors (Lipinski definition) is 5. The normalized spacial score (nSPS) is 17.2. The second-order valence-electron chi connectivity index (χ2n) is 10.9. The molecule has 1 N–H and O–H groups in total. The van der Waals surface area contributed by atoms with Gasteiger partial charge in [0.15, 0.2) is 0 Å². The molecule has 8 heteroatoms.